The summed E-state index contributed by atoms with van der Waals surface area (Å²) in [6.07, 6.45) is 4.92. The Morgan fingerprint density at radius 1 is 1.00 bits per heavy atom. The van der Waals surface area contributed by atoms with Crippen molar-refractivity contribution < 1.29 is 14.0 Å². The van der Waals surface area contributed by atoms with Crippen LogP contribution in [-0.4, -0.2) is 18.0 Å². The molecule has 1 aliphatic rings. The predicted octanol–water partition coefficient (Wildman–Crippen LogP) is 2.82. The van der Waals surface area contributed by atoms with Crippen LogP contribution in [0.1, 0.15) is 23.2 Å². The lowest BCUT2D eigenvalue weighted by atomic mass is 10.2. The lowest BCUT2D eigenvalue weighted by Gasteiger charge is -2.08. The van der Waals surface area contributed by atoms with Crippen molar-refractivity contribution in [2.45, 2.75) is 18.9 Å². The van der Waals surface area contributed by atoms with Gasteiger partial charge in [-0.3, -0.25) is 4.79 Å². The molecule has 0 unspecified atom stereocenters. The maximum Gasteiger partial charge on any atom is 0.319 e. The van der Waals surface area contributed by atoms with Crippen LogP contribution >= 0.6 is 0 Å². The molecule has 21 heavy (non-hydrogen) atoms. The van der Waals surface area contributed by atoms with Crippen molar-refractivity contribution in [3.63, 3.8) is 0 Å². The summed E-state index contributed by atoms with van der Waals surface area (Å²) in [5, 5.41) is 8.32. The van der Waals surface area contributed by atoms with Gasteiger partial charge in [-0.25, -0.2) is 4.79 Å². The maximum absolute atomic E-state index is 11.8. The quantitative estimate of drug-likeness (QED) is 0.807. The number of urea groups is 1. The molecule has 0 saturated heterocycles. The summed E-state index contributed by atoms with van der Waals surface area (Å²) < 4.78 is 4.86. The number of anilines is 2. The van der Waals surface area contributed by atoms with Gasteiger partial charge in [-0.05, 0) is 43.2 Å². The largest absolute Gasteiger partial charge is 0.472 e. The third kappa shape index (κ3) is 3.62. The van der Waals surface area contributed by atoms with Crippen LogP contribution in [0, 0.1) is 0 Å². The van der Waals surface area contributed by atoms with Crippen LogP contribution in [0.2, 0.25) is 0 Å². The van der Waals surface area contributed by atoms with E-state index in [4.69, 9.17) is 4.42 Å². The molecule has 1 fully saturated rings. The van der Waals surface area contributed by atoms with Crippen LogP contribution < -0.4 is 16.0 Å². The van der Waals surface area contributed by atoms with Crippen molar-refractivity contribution in [2.75, 3.05) is 10.6 Å². The Morgan fingerprint density at radius 2 is 1.67 bits per heavy atom. The fourth-order valence-electron chi connectivity index (χ4n) is 1.81. The number of rotatable bonds is 4. The molecule has 6 nitrogen and oxygen atoms in total. The third-order valence-corrected chi connectivity index (χ3v) is 3.10. The van der Waals surface area contributed by atoms with Crippen LogP contribution in [0.25, 0.3) is 0 Å². The number of carbonyl (C=O) groups is 2. The summed E-state index contributed by atoms with van der Waals surface area (Å²) in [7, 11) is 0. The van der Waals surface area contributed by atoms with Gasteiger partial charge in [0.2, 0.25) is 0 Å². The Bertz CT molecular complexity index is 631. The minimum Gasteiger partial charge on any atom is -0.472 e. The van der Waals surface area contributed by atoms with Crippen LogP contribution in [0.4, 0.5) is 16.2 Å². The second kappa shape index (κ2) is 5.70. The fourth-order valence-corrected chi connectivity index (χ4v) is 1.81. The number of furan rings is 1. The summed E-state index contributed by atoms with van der Waals surface area (Å²) in [5.41, 5.74) is 1.78. The van der Waals surface area contributed by atoms with Gasteiger partial charge in [-0.1, -0.05) is 0 Å². The van der Waals surface area contributed by atoms with E-state index < -0.39 is 0 Å². The number of hydrogen-bond donors (Lipinski definition) is 3. The number of carbonyl (C=O) groups excluding carboxylic acids is 2. The molecule has 3 N–H and O–H groups in total. The number of benzene rings is 1. The lowest BCUT2D eigenvalue weighted by molar-refractivity contribution is 0.102. The van der Waals surface area contributed by atoms with Crippen molar-refractivity contribution in [1.29, 1.82) is 0 Å². The van der Waals surface area contributed by atoms with Gasteiger partial charge in [-0.2, -0.15) is 0 Å². The van der Waals surface area contributed by atoms with E-state index in [1.54, 1.807) is 30.3 Å². The van der Waals surface area contributed by atoms with E-state index in [-0.39, 0.29) is 11.9 Å². The van der Waals surface area contributed by atoms with Gasteiger partial charge in [0.25, 0.3) is 5.91 Å². The first-order chi connectivity index (χ1) is 10.2. The predicted molar refractivity (Wildman–Crippen MR) is 78.3 cm³/mol. The second-order valence-corrected chi connectivity index (χ2v) is 4.92. The number of hydrogen-bond acceptors (Lipinski definition) is 3. The van der Waals surface area contributed by atoms with E-state index in [9.17, 15) is 9.59 Å². The van der Waals surface area contributed by atoms with Gasteiger partial charge in [0.05, 0.1) is 11.8 Å². The van der Waals surface area contributed by atoms with Crippen molar-refractivity contribution in [1.82, 2.24) is 5.32 Å². The molecular weight excluding hydrogens is 270 g/mol. The Labute approximate surface area is 121 Å². The molecule has 1 aromatic heterocycles. The molecule has 2 aromatic rings. The van der Waals surface area contributed by atoms with Gasteiger partial charge < -0.3 is 20.4 Å². The highest BCUT2D eigenvalue weighted by Crippen LogP contribution is 2.19. The Balaban J connectivity index is 1.56. The molecule has 1 aliphatic carbocycles. The van der Waals surface area contributed by atoms with E-state index in [0.29, 0.717) is 23.0 Å². The summed E-state index contributed by atoms with van der Waals surface area (Å²) in [6.45, 7) is 0. The topological polar surface area (TPSA) is 83.4 Å². The minimum atomic E-state index is -0.240. The van der Waals surface area contributed by atoms with E-state index in [1.807, 2.05) is 0 Å². The van der Waals surface area contributed by atoms with Gasteiger partial charge in [0, 0.05) is 17.4 Å². The van der Waals surface area contributed by atoms with Crippen LogP contribution in [-0.2, 0) is 0 Å². The molecule has 0 radical (unpaired) electrons. The zero-order valence-corrected chi connectivity index (χ0v) is 11.3. The first-order valence-electron chi connectivity index (χ1n) is 6.72. The Morgan fingerprint density at radius 3 is 2.24 bits per heavy atom. The molecule has 1 heterocycles. The highest BCUT2D eigenvalue weighted by atomic mass is 16.3. The second-order valence-electron chi connectivity index (χ2n) is 4.92. The number of nitrogens with one attached hydrogen (secondary N) is 3. The standard InChI is InChI=1S/C15H15N3O3/c19-14(10-7-8-21-9-10)16-11-1-3-12(4-2-11)17-15(20)18-13-5-6-13/h1-4,7-9,13H,5-6H2,(H,16,19)(H2,17,18,20). The van der Waals surface area contributed by atoms with Crippen LogP contribution in [0.15, 0.2) is 47.3 Å². The van der Waals surface area contributed by atoms with Crippen molar-refractivity contribution >= 4 is 23.3 Å². The molecule has 1 aromatic carbocycles. The van der Waals surface area contributed by atoms with Crippen molar-refractivity contribution in [3.8, 4) is 0 Å². The highest BCUT2D eigenvalue weighted by Gasteiger charge is 2.23. The van der Waals surface area contributed by atoms with Gasteiger partial charge in [-0.15, -0.1) is 0 Å². The maximum atomic E-state index is 11.8. The van der Waals surface area contributed by atoms with Crippen LogP contribution in [0.3, 0.4) is 0 Å². The molecular formula is C15H15N3O3. The summed E-state index contributed by atoms with van der Waals surface area (Å²) in [4.78, 5) is 23.4. The Hall–Kier alpha value is -2.76. The summed E-state index contributed by atoms with van der Waals surface area (Å²) in [6, 6.07) is 8.63. The third-order valence-electron chi connectivity index (χ3n) is 3.10. The first-order valence-corrected chi connectivity index (χ1v) is 6.72. The summed E-state index contributed by atoms with van der Waals surface area (Å²) in [5.74, 6) is -0.240. The molecule has 6 heteroatoms. The normalized spacial score (nSPS) is 13.5. The SMILES string of the molecule is O=C(Nc1ccc(NC(=O)c2ccoc2)cc1)NC1CC1. The molecule has 0 atom stereocenters. The minimum absolute atomic E-state index is 0.201. The molecule has 3 amide bonds. The molecule has 108 valence electrons. The smallest absolute Gasteiger partial charge is 0.319 e. The Kier molecular flexibility index (Phi) is 3.59. The van der Waals surface area contributed by atoms with Crippen molar-refractivity contribution in [3.05, 3.63) is 48.4 Å². The zero-order chi connectivity index (χ0) is 14.7. The van der Waals surface area contributed by atoms with E-state index in [1.165, 1.54) is 12.5 Å². The zero-order valence-electron chi connectivity index (χ0n) is 11.3. The molecule has 3 rings (SSSR count). The summed E-state index contributed by atoms with van der Waals surface area (Å²) >= 11 is 0. The van der Waals surface area contributed by atoms with E-state index in [0.717, 1.165) is 12.8 Å². The van der Waals surface area contributed by atoms with E-state index in [2.05, 4.69) is 16.0 Å². The van der Waals surface area contributed by atoms with Crippen LogP contribution in [0.5, 0.6) is 0 Å². The number of amides is 3. The van der Waals surface area contributed by atoms with Crippen molar-refractivity contribution in [2.24, 2.45) is 0 Å². The molecule has 0 aliphatic heterocycles. The van der Waals surface area contributed by atoms with Gasteiger partial charge in [0.1, 0.15) is 6.26 Å². The average molecular weight is 285 g/mol. The highest BCUT2D eigenvalue weighted by molar-refractivity contribution is 6.04. The fraction of sp³-hybridized carbons (Fsp3) is 0.200. The monoisotopic (exact) mass is 285 g/mol. The van der Waals surface area contributed by atoms with Gasteiger partial charge >= 0.3 is 6.03 Å². The first kappa shape index (κ1) is 13.2. The molecule has 0 bridgehead atoms. The molecule has 1 saturated carbocycles. The molecule has 0 spiro atoms. The lowest BCUT2D eigenvalue weighted by Crippen LogP contribution is -2.30. The van der Waals surface area contributed by atoms with E-state index >= 15 is 0 Å². The average Bonchev–Trinajstić information content (AvgIpc) is 3.10. The van der Waals surface area contributed by atoms with Gasteiger partial charge in [0.15, 0.2) is 0 Å².